The lowest BCUT2D eigenvalue weighted by Gasteiger charge is -2.06. The highest BCUT2D eigenvalue weighted by Gasteiger charge is 2.23. The van der Waals surface area contributed by atoms with Crippen molar-refractivity contribution in [3.63, 3.8) is 0 Å². The van der Waals surface area contributed by atoms with Crippen molar-refractivity contribution < 1.29 is 9.59 Å². The minimum atomic E-state index is -0.846. The van der Waals surface area contributed by atoms with Crippen LogP contribution in [0.5, 0.6) is 0 Å². The number of thioether (sulfide) groups is 1. The summed E-state index contributed by atoms with van der Waals surface area (Å²) in [4.78, 5) is 22.0. The maximum absolute atomic E-state index is 11.5. The molecule has 7 nitrogen and oxygen atoms in total. The Morgan fingerprint density at radius 3 is 2.83 bits per heavy atom. The van der Waals surface area contributed by atoms with Crippen LogP contribution in [0.2, 0.25) is 0 Å². The van der Waals surface area contributed by atoms with Crippen LogP contribution in [0, 0.1) is 0 Å². The Hall–Kier alpha value is -1.35. The summed E-state index contributed by atoms with van der Waals surface area (Å²) in [5.41, 5.74) is 4.87. The number of amides is 3. The van der Waals surface area contributed by atoms with Gasteiger partial charge in [-0.25, -0.2) is 4.79 Å². The normalized spacial score (nSPS) is 16.1. The molecule has 1 aromatic rings. The highest BCUT2D eigenvalue weighted by molar-refractivity contribution is 8.02. The molecular weight excluding hydrogens is 274 g/mol. The second kappa shape index (κ2) is 5.53. The zero-order valence-corrected chi connectivity index (χ0v) is 11.3. The van der Waals surface area contributed by atoms with E-state index in [1.165, 1.54) is 35.9 Å². The molecule has 1 aliphatic rings. The maximum Gasteiger partial charge on any atom is 0.318 e. The van der Waals surface area contributed by atoms with Crippen LogP contribution in [0.25, 0.3) is 0 Å². The number of anilines is 1. The second-order valence-electron chi connectivity index (χ2n) is 3.91. The van der Waals surface area contributed by atoms with Crippen molar-refractivity contribution in [1.82, 2.24) is 15.5 Å². The first-order chi connectivity index (χ1) is 8.54. The zero-order chi connectivity index (χ0) is 13.1. The van der Waals surface area contributed by atoms with Gasteiger partial charge >= 0.3 is 6.03 Å². The number of carbonyl (C=O) groups is 2. The lowest BCUT2D eigenvalue weighted by atomic mass is 10.4. The Morgan fingerprint density at radius 2 is 2.22 bits per heavy atom. The molecule has 3 amide bonds. The molecule has 0 aromatic carbocycles. The number of nitrogens with two attached hydrogens (primary N) is 1. The molecule has 1 saturated carbocycles. The van der Waals surface area contributed by atoms with E-state index in [0.29, 0.717) is 10.4 Å². The van der Waals surface area contributed by atoms with Crippen molar-refractivity contribution in [1.29, 1.82) is 0 Å². The van der Waals surface area contributed by atoms with Gasteiger partial charge in [0.15, 0.2) is 4.34 Å². The third kappa shape index (κ3) is 3.84. The number of hydrogen-bond donors (Lipinski definition) is 3. The molecule has 0 spiro atoms. The van der Waals surface area contributed by atoms with Gasteiger partial charge in [0.25, 0.3) is 0 Å². The van der Waals surface area contributed by atoms with Crippen molar-refractivity contribution in [2.75, 3.05) is 5.32 Å². The summed E-state index contributed by atoms with van der Waals surface area (Å²) in [5.74, 6) is -0.431. The fraction of sp³-hybridized carbons (Fsp3) is 0.556. The van der Waals surface area contributed by atoms with Crippen LogP contribution in [0.4, 0.5) is 9.93 Å². The van der Waals surface area contributed by atoms with Crippen molar-refractivity contribution >= 4 is 40.2 Å². The first-order valence-corrected chi connectivity index (χ1v) is 7.11. The molecule has 0 saturated heterocycles. The largest absolute Gasteiger partial charge is 0.357 e. The highest BCUT2D eigenvalue weighted by Crippen LogP contribution is 2.31. The Kier molecular flexibility index (Phi) is 4.02. The molecule has 1 aromatic heterocycles. The lowest BCUT2D eigenvalue weighted by Crippen LogP contribution is -2.39. The standard InChI is InChI=1S/C9H13N5O2S2/c1-4(6(15)12-7(10)16)17-9-14-13-8(18-9)11-5-2-3-5/h4-5H,2-3H2,1H3,(H,11,13)(H3,10,12,15,16)/t4-/m0/s1. The van der Waals surface area contributed by atoms with Gasteiger partial charge in [0, 0.05) is 6.04 Å². The molecular formula is C9H13N5O2S2. The third-order valence-corrected chi connectivity index (χ3v) is 4.24. The maximum atomic E-state index is 11.5. The van der Waals surface area contributed by atoms with Crippen molar-refractivity contribution in [3.05, 3.63) is 0 Å². The predicted molar refractivity (Wildman–Crippen MR) is 69.6 cm³/mol. The number of nitrogens with one attached hydrogen (secondary N) is 2. The van der Waals surface area contributed by atoms with Gasteiger partial charge in [0.05, 0.1) is 5.25 Å². The topological polar surface area (TPSA) is 110 Å². The van der Waals surface area contributed by atoms with Crippen LogP contribution >= 0.6 is 23.1 Å². The van der Waals surface area contributed by atoms with E-state index in [0.717, 1.165) is 5.13 Å². The van der Waals surface area contributed by atoms with E-state index < -0.39 is 17.2 Å². The summed E-state index contributed by atoms with van der Waals surface area (Å²) in [6, 6.07) is -0.327. The average molecular weight is 287 g/mol. The van der Waals surface area contributed by atoms with E-state index >= 15 is 0 Å². The van der Waals surface area contributed by atoms with Crippen LogP contribution in [0.15, 0.2) is 4.34 Å². The molecule has 0 radical (unpaired) electrons. The van der Waals surface area contributed by atoms with E-state index in [1.54, 1.807) is 6.92 Å². The number of nitrogens with zero attached hydrogens (tertiary/aromatic N) is 2. The molecule has 0 bridgehead atoms. The lowest BCUT2D eigenvalue weighted by molar-refractivity contribution is -0.119. The molecule has 0 aliphatic heterocycles. The molecule has 98 valence electrons. The average Bonchev–Trinajstić information content (AvgIpc) is 2.98. The molecule has 2 rings (SSSR count). The molecule has 0 unspecified atom stereocenters. The number of carbonyl (C=O) groups excluding carboxylic acids is 2. The summed E-state index contributed by atoms with van der Waals surface area (Å²) >= 11 is 2.65. The number of rotatable bonds is 5. The van der Waals surface area contributed by atoms with Crippen LogP contribution in [0.3, 0.4) is 0 Å². The SMILES string of the molecule is C[C@H](Sc1nnc(NC2CC2)s1)C(=O)NC(N)=O. The van der Waals surface area contributed by atoms with Crippen LogP contribution < -0.4 is 16.4 Å². The summed E-state index contributed by atoms with van der Waals surface area (Å²) in [5, 5.41) is 13.5. The molecule has 4 N–H and O–H groups in total. The van der Waals surface area contributed by atoms with Crippen LogP contribution in [-0.4, -0.2) is 33.4 Å². The minimum Gasteiger partial charge on any atom is -0.357 e. The minimum absolute atomic E-state index is 0.431. The number of imide groups is 1. The van der Waals surface area contributed by atoms with Crippen molar-refractivity contribution in [3.8, 4) is 0 Å². The monoisotopic (exact) mass is 287 g/mol. The molecule has 1 aliphatic carbocycles. The number of hydrogen-bond acceptors (Lipinski definition) is 7. The summed E-state index contributed by atoms with van der Waals surface area (Å²) in [6.07, 6.45) is 2.33. The number of urea groups is 1. The van der Waals surface area contributed by atoms with Gasteiger partial charge < -0.3 is 11.1 Å². The molecule has 18 heavy (non-hydrogen) atoms. The van der Waals surface area contributed by atoms with Gasteiger partial charge in [-0.1, -0.05) is 23.1 Å². The van der Waals surface area contributed by atoms with Gasteiger partial charge in [-0.15, -0.1) is 10.2 Å². The Bertz CT molecular complexity index is 460. The van der Waals surface area contributed by atoms with Crippen molar-refractivity contribution in [2.24, 2.45) is 5.73 Å². The van der Waals surface area contributed by atoms with Gasteiger partial charge in [-0.05, 0) is 19.8 Å². The van der Waals surface area contributed by atoms with Crippen LogP contribution in [0.1, 0.15) is 19.8 Å². The number of primary amides is 1. The summed E-state index contributed by atoms with van der Waals surface area (Å²) in [7, 11) is 0. The smallest absolute Gasteiger partial charge is 0.318 e. The van der Waals surface area contributed by atoms with E-state index in [1.807, 2.05) is 5.32 Å². The highest BCUT2D eigenvalue weighted by atomic mass is 32.2. The molecule has 1 heterocycles. The first-order valence-electron chi connectivity index (χ1n) is 5.41. The Balaban J connectivity index is 1.85. The molecule has 9 heteroatoms. The Morgan fingerprint density at radius 1 is 1.50 bits per heavy atom. The number of aromatic nitrogens is 2. The van der Waals surface area contributed by atoms with Crippen molar-refractivity contribution in [2.45, 2.75) is 35.4 Å². The second-order valence-corrected chi connectivity index (χ2v) is 6.47. The van der Waals surface area contributed by atoms with E-state index in [4.69, 9.17) is 5.73 Å². The van der Waals surface area contributed by atoms with E-state index in [2.05, 4.69) is 15.5 Å². The quantitative estimate of drug-likeness (QED) is 0.691. The molecule has 1 atom stereocenters. The summed E-state index contributed by atoms with van der Waals surface area (Å²) in [6.45, 7) is 1.68. The van der Waals surface area contributed by atoms with Gasteiger partial charge in [-0.3, -0.25) is 10.1 Å². The third-order valence-electron chi connectivity index (χ3n) is 2.20. The first kappa shape index (κ1) is 13.1. The van der Waals surface area contributed by atoms with Crippen LogP contribution in [-0.2, 0) is 4.79 Å². The van der Waals surface area contributed by atoms with Gasteiger partial charge in [0.2, 0.25) is 11.0 Å². The van der Waals surface area contributed by atoms with Gasteiger partial charge in [-0.2, -0.15) is 0 Å². The molecule has 1 fully saturated rings. The van der Waals surface area contributed by atoms with Gasteiger partial charge in [0.1, 0.15) is 0 Å². The predicted octanol–water partition coefficient (Wildman–Crippen LogP) is 0.788. The zero-order valence-electron chi connectivity index (χ0n) is 9.67. The fourth-order valence-electron chi connectivity index (χ4n) is 1.15. The fourth-order valence-corrected chi connectivity index (χ4v) is 3.12. The summed E-state index contributed by atoms with van der Waals surface area (Å²) < 4.78 is 0.685. The Labute approximate surface area is 112 Å². The van der Waals surface area contributed by atoms with E-state index in [-0.39, 0.29) is 0 Å². The van der Waals surface area contributed by atoms with E-state index in [9.17, 15) is 9.59 Å².